The summed E-state index contributed by atoms with van der Waals surface area (Å²) in [5.74, 6) is -0.506. The van der Waals surface area contributed by atoms with E-state index in [1.165, 1.54) is 6.07 Å². The monoisotopic (exact) mass is 490 g/mol. The van der Waals surface area contributed by atoms with Gasteiger partial charge in [-0.25, -0.2) is 4.39 Å². The maximum Gasteiger partial charge on any atom is 0.226 e. The second-order valence-electron chi connectivity index (χ2n) is 9.22. The Morgan fingerprint density at radius 1 is 0.919 bits per heavy atom. The molecular weight excluding hydrogens is 467 g/mol. The number of carbonyl (C=O) groups is 1. The number of rotatable bonds is 5. The van der Waals surface area contributed by atoms with Gasteiger partial charge in [-0.2, -0.15) is 5.10 Å². The normalized spacial score (nSPS) is 11.5. The van der Waals surface area contributed by atoms with Crippen LogP contribution in [0.3, 0.4) is 0 Å². The lowest BCUT2D eigenvalue weighted by Crippen LogP contribution is -2.17. The van der Waals surface area contributed by atoms with Crippen molar-refractivity contribution in [3.8, 4) is 33.8 Å². The van der Waals surface area contributed by atoms with Crippen LogP contribution < -0.4 is 5.32 Å². The number of pyridine rings is 2. The van der Waals surface area contributed by atoms with E-state index < -0.39 is 0 Å². The number of hydrogen-bond donors (Lipinski definition) is 3. The lowest BCUT2D eigenvalue weighted by atomic mass is 10.0. The molecule has 0 aliphatic carbocycles. The number of benzene rings is 2. The average Bonchev–Trinajstić information content (AvgIpc) is 3.53. The summed E-state index contributed by atoms with van der Waals surface area (Å²) in [6, 6.07) is 18.4. The van der Waals surface area contributed by atoms with Crippen LogP contribution in [0.1, 0.15) is 13.8 Å². The Kier molecular flexibility index (Phi) is 5.49. The van der Waals surface area contributed by atoms with Gasteiger partial charge in [-0.1, -0.05) is 32.0 Å². The van der Waals surface area contributed by atoms with Gasteiger partial charge in [-0.05, 0) is 48.0 Å². The summed E-state index contributed by atoms with van der Waals surface area (Å²) in [6.07, 6.45) is 5.07. The van der Waals surface area contributed by atoms with Gasteiger partial charge in [0.1, 0.15) is 11.5 Å². The smallest absolute Gasteiger partial charge is 0.226 e. The van der Waals surface area contributed by atoms with E-state index in [0.29, 0.717) is 16.9 Å². The van der Waals surface area contributed by atoms with Crippen molar-refractivity contribution in [1.29, 1.82) is 0 Å². The van der Waals surface area contributed by atoms with Crippen LogP contribution in [0, 0.1) is 11.7 Å². The van der Waals surface area contributed by atoms with E-state index in [2.05, 4.69) is 30.5 Å². The topological polar surface area (TPSA) is 99.3 Å². The Morgan fingerprint density at radius 3 is 2.59 bits per heavy atom. The lowest BCUT2D eigenvalue weighted by Gasteiger charge is -2.09. The van der Waals surface area contributed by atoms with Crippen molar-refractivity contribution in [3.63, 3.8) is 0 Å². The third-order valence-electron chi connectivity index (χ3n) is 6.36. The van der Waals surface area contributed by atoms with Gasteiger partial charge in [0.25, 0.3) is 0 Å². The van der Waals surface area contributed by atoms with Crippen molar-refractivity contribution in [2.24, 2.45) is 5.92 Å². The van der Waals surface area contributed by atoms with E-state index in [0.717, 1.165) is 44.3 Å². The Balaban J connectivity index is 1.42. The van der Waals surface area contributed by atoms with E-state index in [1.54, 1.807) is 36.8 Å². The number of amides is 1. The minimum absolute atomic E-state index is 0.0606. The van der Waals surface area contributed by atoms with Crippen LogP contribution in [0.25, 0.3) is 55.6 Å². The number of fused-ring (bicyclic) bond motifs is 2. The first-order valence-corrected chi connectivity index (χ1v) is 12.0. The first-order chi connectivity index (χ1) is 18.0. The quantitative estimate of drug-likeness (QED) is 0.254. The summed E-state index contributed by atoms with van der Waals surface area (Å²) in [4.78, 5) is 24.3. The maximum atomic E-state index is 14.5. The second kappa shape index (κ2) is 8.98. The zero-order valence-corrected chi connectivity index (χ0v) is 20.2. The van der Waals surface area contributed by atoms with Crippen molar-refractivity contribution in [2.75, 3.05) is 5.32 Å². The standard InChI is InChI=1S/C29H23FN6O/c1-16(2)29(37)33-19-11-18(14-31-15-19)17-7-8-25-21(12-17)28(36-35-25)26-13-22-24(34-26)9-10-32-27(22)20-5-3-4-6-23(20)30/h3-16,34H,1-2H3,(H,33,37)(H,35,36). The van der Waals surface area contributed by atoms with Crippen molar-refractivity contribution < 1.29 is 9.18 Å². The highest BCUT2D eigenvalue weighted by atomic mass is 19.1. The van der Waals surface area contributed by atoms with Crippen LogP contribution >= 0.6 is 0 Å². The van der Waals surface area contributed by atoms with Gasteiger partial charge in [0.15, 0.2) is 0 Å². The Hall–Kier alpha value is -4.85. The molecule has 7 nitrogen and oxygen atoms in total. The number of aromatic amines is 2. The zero-order chi connectivity index (χ0) is 25.5. The number of hydrogen-bond acceptors (Lipinski definition) is 4. The summed E-state index contributed by atoms with van der Waals surface area (Å²) in [5.41, 5.74) is 6.73. The van der Waals surface area contributed by atoms with Crippen LogP contribution in [0.5, 0.6) is 0 Å². The van der Waals surface area contributed by atoms with Crippen LogP contribution in [0.2, 0.25) is 0 Å². The predicted molar refractivity (Wildman–Crippen MR) is 143 cm³/mol. The number of nitrogens with one attached hydrogen (secondary N) is 3. The first kappa shape index (κ1) is 22.6. The molecule has 1 amide bonds. The minimum atomic E-state index is -0.319. The maximum absolute atomic E-state index is 14.5. The molecule has 0 unspecified atom stereocenters. The fourth-order valence-corrected chi connectivity index (χ4v) is 4.40. The SMILES string of the molecule is CC(C)C(=O)Nc1cncc(-c2ccc3[nH]nc(-c4cc5c(-c6ccccc6F)nccc5[nH]4)c3c2)c1. The first-order valence-electron chi connectivity index (χ1n) is 12.0. The Morgan fingerprint density at radius 2 is 1.76 bits per heavy atom. The Bertz CT molecular complexity index is 1780. The lowest BCUT2D eigenvalue weighted by molar-refractivity contribution is -0.118. The third-order valence-corrected chi connectivity index (χ3v) is 6.36. The summed E-state index contributed by atoms with van der Waals surface area (Å²) in [6.45, 7) is 3.70. The van der Waals surface area contributed by atoms with E-state index in [-0.39, 0.29) is 17.6 Å². The molecule has 0 aliphatic heterocycles. The number of carbonyl (C=O) groups excluding carboxylic acids is 1. The van der Waals surface area contributed by atoms with Crippen molar-refractivity contribution in [1.82, 2.24) is 25.1 Å². The largest absolute Gasteiger partial charge is 0.353 e. The van der Waals surface area contributed by atoms with Crippen LogP contribution in [0.4, 0.5) is 10.1 Å². The van der Waals surface area contributed by atoms with E-state index in [4.69, 9.17) is 0 Å². The van der Waals surface area contributed by atoms with Crippen molar-refractivity contribution in [3.05, 3.63) is 85.1 Å². The molecule has 3 N–H and O–H groups in total. The number of halogens is 1. The van der Waals surface area contributed by atoms with E-state index in [9.17, 15) is 9.18 Å². The molecule has 8 heteroatoms. The van der Waals surface area contributed by atoms with Gasteiger partial charge >= 0.3 is 0 Å². The van der Waals surface area contributed by atoms with Crippen LogP contribution in [-0.4, -0.2) is 31.1 Å². The highest BCUT2D eigenvalue weighted by Gasteiger charge is 2.16. The highest BCUT2D eigenvalue weighted by molar-refractivity contribution is 6.01. The molecule has 0 aliphatic rings. The van der Waals surface area contributed by atoms with E-state index >= 15 is 0 Å². The molecule has 0 bridgehead atoms. The Labute approximate surface area is 211 Å². The summed E-state index contributed by atoms with van der Waals surface area (Å²) in [5, 5.41) is 12.3. The fraction of sp³-hybridized carbons (Fsp3) is 0.103. The number of H-pyrrole nitrogens is 2. The van der Waals surface area contributed by atoms with E-state index in [1.807, 2.05) is 50.2 Å². The van der Waals surface area contributed by atoms with Crippen molar-refractivity contribution >= 4 is 33.4 Å². The predicted octanol–water partition coefficient (Wildman–Crippen LogP) is 6.57. The number of anilines is 1. The summed E-state index contributed by atoms with van der Waals surface area (Å²) in [7, 11) is 0. The highest BCUT2D eigenvalue weighted by Crippen LogP contribution is 2.35. The van der Waals surface area contributed by atoms with Crippen LogP contribution in [-0.2, 0) is 4.79 Å². The molecule has 4 aromatic heterocycles. The molecule has 0 atom stereocenters. The van der Waals surface area contributed by atoms with Gasteiger partial charge in [0.05, 0.1) is 28.8 Å². The van der Waals surface area contributed by atoms with Gasteiger partial charge in [0, 0.05) is 45.7 Å². The van der Waals surface area contributed by atoms with Gasteiger partial charge in [-0.3, -0.25) is 19.9 Å². The molecule has 0 fully saturated rings. The molecule has 0 spiro atoms. The molecule has 182 valence electrons. The zero-order valence-electron chi connectivity index (χ0n) is 20.2. The summed E-state index contributed by atoms with van der Waals surface area (Å²) < 4.78 is 14.5. The summed E-state index contributed by atoms with van der Waals surface area (Å²) >= 11 is 0. The molecule has 2 aromatic carbocycles. The molecular formula is C29H23FN6O. The molecule has 37 heavy (non-hydrogen) atoms. The molecule has 0 saturated carbocycles. The number of nitrogens with zero attached hydrogens (tertiary/aromatic N) is 3. The second-order valence-corrected chi connectivity index (χ2v) is 9.22. The third kappa shape index (κ3) is 4.12. The van der Waals surface area contributed by atoms with Crippen LogP contribution in [0.15, 0.2) is 79.3 Å². The molecule has 4 heterocycles. The molecule has 0 radical (unpaired) electrons. The van der Waals surface area contributed by atoms with Crippen molar-refractivity contribution in [2.45, 2.75) is 13.8 Å². The molecule has 6 aromatic rings. The molecule has 6 rings (SSSR count). The molecule has 0 saturated heterocycles. The van der Waals surface area contributed by atoms with Gasteiger partial charge in [-0.15, -0.1) is 0 Å². The average molecular weight is 491 g/mol. The number of aromatic nitrogens is 5. The minimum Gasteiger partial charge on any atom is -0.353 e. The fourth-order valence-electron chi connectivity index (χ4n) is 4.40. The van der Waals surface area contributed by atoms with Gasteiger partial charge in [0.2, 0.25) is 5.91 Å². The van der Waals surface area contributed by atoms with Gasteiger partial charge < -0.3 is 10.3 Å².